The number of likely N-dealkylation sites (N-methyl/N-ethyl adjacent to an activating group) is 1. The van der Waals surface area contributed by atoms with E-state index in [0.717, 1.165) is 11.3 Å². The van der Waals surface area contributed by atoms with E-state index in [4.69, 9.17) is 0 Å². The minimum absolute atomic E-state index is 0.0238. The summed E-state index contributed by atoms with van der Waals surface area (Å²) in [5, 5.41) is 9.51. The van der Waals surface area contributed by atoms with Gasteiger partial charge < -0.3 is 10.6 Å². The molecule has 1 aromatic carbocycles. The van der Waals surface area contributed by atoms with Crippen molar-refractivity contribution in [2.75, 3.05) is 13.1 Å². The molecule has 2 amide bonds. The number of para-hydroxylation sites is 1. The number of benzene rings is 1. The summed E-state index contributed by atoms with van der Waals surface area (Å²) in [5.74, 6) is -0.313. The molecular weight excluding hydrogens is 280 g/mol. The Kier molecular flexibility index (Phi) is 5.71. The van der Waals surface area contributed by atoms with Crippen LogP contribution in [-0.2, 0) is 16.0 Å². The van der Waals surface area contributed by atoms with Crippen LogP contribution in [0.5, 0.6) is 0 Å². The largest absolute Gasteiger partial charge is 0.355 e. The molecule has 1 aromatic heterocycles. The first-order valence-electron chi connectivity index (χ1n) is 7.31. The summed E-state index contributed by atoms with van der Waals surface area (Å²) in [4.78, 5) is 22.9. The van der Waals surface area contributed by atoms with Gasteiger partial charge in [0.25, 0.3) is 0 Å². The number of hydrogen-bond donors (Lipinski definition) is 2. The van der Waals surface area contributed by atoms with Crippen LogP contribution >= 0.6 is 0 Å². The molecule has 0 saturated heterocycles. The molecule has 116 valence electrons. The third-order valence-electron chi connectivity index (χ3n) is 3.12. The van der Waals surface area contributed by atoms with Crippen LogP contribution in [0.4, 0.5) is 0 Å². The summed E-state index contributed by atoms with van der Waals surface area (Å²) in [5.41, 5.74) is 1.96. The summed E-state index contributed by atoms with van der Waals surface area (Å²) < 4.78 is 1.78. The zero-order valence-corrected chi connectivity index (χ0v) is 12.6. The molecule has 2 aromatic rings. The molecule has 0 aliphatic heterocycles. The monoisotopic (exact) mass is 300 g/mol. The van der Waals surface area contributed by atoms with Crippen LogP contribution in [0.25, 0.3) is 5.69 Å². The van der Waals surface area contributed by atoms with Crippen molar-refractivity contribution in [3.05, 3.63) is 48.3 Å². The maximum absolute atomic E-state index is 11.7. The summed E-state index contributed by atoms with van der Waals surface area (Å²) in [6.45, 7) is 2.42. The molecule has 0 bridgehead atoms. The Balaban J connectivity index is 1.79. The molecule has 6 nitrogen and oxygen atoms in total. The third kappa shape index (κ3) is 4.73. The average Bonchev–Trinajstić information content (AvgIpc) is 3.01. The van der Waals surface area contributed by atoms with E-state index in [0.29, 0.717) is 19.4 Å². The van der Waals surface area contributed by atoms with Crippen LogP contribution in [0.3, 0.4) is 0 Å². The predicted octanol–water partition coefficient (Wildman–Crippen LogP) is 1.06. The summed E-state index contributed by atoms with van der Waals surface area (Å²) in [7, 11) is 0. The first-order valence-corrected chi connectivity index (χ1v) is 7.31. The van der Waals surface area contributed by atoms with Crippen molar-refractivity contribution < 1.29 is 9.59 Å². The number of nitrogens with zero attached hydrogens (tertiary/aromatic N) is 2. The van der Waals surface area contributed by atoms with E-state index in [-0.39, 0.29) is 18.4 Å². The molecule has 2 N–H and O–H groups in total. The van der Waals surface area contributed by atoms with Crippen molar-refractivity contribution in [1.29, 1.82) is 0 Å². The Morgan fingerprint density at radius 2 is 1.91 bits per heavy atom. The maximum Gasteiger partial charge on any atom is 0.239 e. The van der Waals surface area contributed by atoms with Gasteiger partial charge in [0.15, 0.2) is 0 Å². The van der Waals surface area contributed by atoms with Gasteiger partial charge in [-0.2, -0.15) is 5.10 Å². The lowest BCUT2D eigenvalue weighted by Gasteiger charge is -2.04. The molecule has 0 fully saturated rings. The minimum Gasteiger partial charge on any atom is -0.355 e. The molecule has 0 aliphatic rings. The topological polar surface area (TPSA) is 76.0 Å². The first kappa shape index (κ1) is 15.8. The number of hydrogen-bond acceptors (Lipinski definition) is 3. The van der Waals surface area contributed by atoms with Crippen LogP contribution in [0, 0.1) is 0 Å². The lowest BCUT2D eigenvalue weighted by atomic mass is 10.2. The van der Waals surface area contributed by atoms with E-state index in [1.54, 1.807) is 10.9 Å². The average molecular weight is 300 g/mol. The summed E-state index contributed by atoms with van der Waals surface area (Å²) >= 11 is 0. The number of nitrogens with one attached hydrogen (secondary N) is 2. The number of amides is 2. The molecular formula is C16H20N4O2. The lowest BCUT2D eigenvalue weighted by Crippen LogP contribution is -2.36. The van der Waals surface area contributed by atoms with Gasteiger partial charge in [-0.15, -0.1) is 0 Å². The smallest absolute Gasteiger partial charge is 0.239 e. The van der Waals surface area contributed by atoms with Gasteiger partial charge in [-0.3, -0.25) is 9.59 Å². The van der Waals surface area contributed by atoms with Crippen molar-refractivity contribution in [2.24, 2.45) is 0 Å². The highest BCUT2D eigenvalue weighted by atomic mass is 16.2. The van der Waals surface area contributed by atoms with Crippen molar-refractivity contribution in [3.8, 4) is 5.69 Å². The van der Waals surface area contributed by atoms with Crippen molar-refractivity contribution in [2.45, 2.75) is 19.8 Å². The van der Waals surface area contributed by atoms with Gasteiger partial charge >= 0.3 is 0 Å². The molecule has 1 heterocycles. The second-order valence-corrected chi connectivity index (χ2v) is 4.86. The normalized spacial score (nSPS) is 10.2. The number of aromatic nitrogens is 2. The Morgan fingerprint density at radius 1 is 1.14 bits per heavy atom. The molecule has 0 atom stereocenters. The highest BCUT2D eigenvalue weighted by molar-refractivity contribution is 5.84. The zero-order chi connectivity index (χ0) is 15.8. The first-order chi connectivity index (χ1) is 10.7. The molecule has 22 heavy (non-hydrogen) atoms. The van der Waals surface area contributed by atoms with Gasteiger partial charge in [0.05, 0.1) is 18.4 Å². The highest BCUT2D eigenvalue weighted by Crippen LogP contribution is 2.08. The van der Waals surface area contributed by atoms with Crippen LogP contribution < -0.4 is 10.6 Å². The maximum atomic E-state index is 11.7. The van der Waals surface area contributed by atoms with Crippen molar-refractivity contribution >= 4 is 11.8 Å². The molecule has 6 heteroatoms. The number of rotatable bonds is 7. The van der Waals surface area contributed by atoms with E-state index in [1.165, 1.54) is 0 Å². The Bertz CT molecular complexity index is 622. The molecule has 0 radical (unpaired) electrons. The van der Waals surface area contributed by atoms with E-state index in [9.17, 15) is 9.59 Å². The van der Waals surface area contributed by atoms with Gasteiger partial charge in [-0.05, 0) is 31.0 Å². The van der Waals surface area contributed by atoms with Gasteiger partial charge in [0.2, 0.25) is 11.8 Å². The fourth-order valence-electron chi connectivity index (χ4n) is 2.00. The molecule has 0 unspecified atom stereocenters. The van der Waals surface area contributed by atoms with Crippen LogP contribution in [0.2, 0.25) is 0 Å². The van der Waals surface area contributed by atoms with Crippen molar-refractivity contribution in [1.82, 2.24) is 20.4 Å². The Labute approximate surface area is 129 Å². The fourth-order valence-corrected chi connectivity index (χ4v) is 2.00. The highest BCUT2D eigenvalue weighted by Gasteiger charge is 2.06. The third-order valence-corrected chi connectivity index (χ3v) is 3.12. The van der Waals surface area contributed by atoms with E-state index in [1.807, 2.05) is 43.5 Å². The van der Waals surface area contributed by atoms with Gasteiger partial charge in [-0.25, -0.2) is 4.68 Å². The van der Waals surface area contributed by atoms with Gasteiger partial charge in [0.1, 0.15) is 0 Å². The second-order valence-electron chi connectivity index (χ2n) is 4.86. The summed E-state index contributed by atoms with van der Waals surface area (Å²) in [6.07, 6.45) is 4.59. The van der Waals surface area contributed by atoms with E-state index >= 15 is 0 Å². The molecule has 0 aliphatic carbocycles. The van der Waals surface area contributed by atoms with Crippen LogP contribution in [0.1, 0.15) is 18.9 Å². The fraction of sp³-hybridized carbons (Fsp3) is 0.312. The van der Waals surface area contributed by atoms with Gasteiger partial charge in [-0.1, -0.05) is 18.2 Å². The number of aryl methyl sites for hydroxylation is 1. The van der Waals surface area contributed by atoms with Crippen LogP contribution in [0.15, 0.2) is 42.7 Å². The second kappa shape index (κ2) is 7.97. The van der Waals surface area contributed by atoms with E-state index in [2.05, 4.69) is 15.7 Å². The minimum atomic E-state index is -0.173. The Morgan fingerprint density at radius 3 is 2.64 bits per heavy atom. The standard InChI is InChI=1S/C16H20N4O2/c1-2-17-16(22)11-18-15(21)9-8-13-10-19-20(12-13)14-6-4-3-5-7-14/h3-7,10,12H,2,8-9,11H2,1H3,(H,17,22)(H,18,21). The van der Waals surface area contributed by atoms with E-state index < -0.39 is 0 Å². The lowest BCUT2D eigenvalue weighted by molar-refractivity contribution is -0.126. The van der Waals surface area contributed by atoms with Crippen molar-refractivity contribution in [3.63, 3.8) is 0 Å². The molecule has 2 rings (SSSR count). The molecule has 0 spiro atoms. The number of carbonyl (C=O) groups excluding carboxylic acids is 2. The number of carbonyl (C=O) groups is 2. The van der Waals surface area contributed by atoms with Crippen LogP contribution in [-0.4, -0.2) is 34.7 Å². The quantitative estimate of drug-likeness (QED) is 0.802. The Hall–Kier alpha value is -2.63. The zero-order valence-electron chi connectivity index (χ0n) is 12.6. The SMILES string of the molecule is CCNC(=O)CNC(=O)CCc1cnn(-c2ccccc2)c1. The molecule has 0 saturated carbocycles. The predicted molar refractivity (Wildman–Crippen MR) is 83.6 cm³/mol. The van der Waals surface area contributed by atoms with Gasteiger partial charge in [0, 0.05) is 19.2 Å². The summed E-state index contributed by atoms with van der Waals surface area (Å²) in [6, 6.07) is 9.79.